The van der Waals surface area contributed by atoms with Crippen LogP contribution in [0.3, 0.4) is 0 Å². The maximum atomic E-state index is 9.16. The fraction of sp³-hybridized carbons (Fsp3) is 0.400. The fourth-order valence-corrected chi connectivity index (χ4v) is 2.25. The highest BCUT2D eigenvalue weighted by atomic mass is 14.9. The number of aromatic nitrogens is 1. The van der Waals surface area contributed by atoms with Gasteiger partial charge in [0, 0.05) is 18.0 Å². The van der Waals surface area contributed by atoms with Gasteiger partial charge < -0.3 is 4.57 Å². The summed E-state index contributed by atoms with van der Waals surface area (Å²) in [6.07, 6.45) is 0. The van der Waals surface area contributed by atoms with Crippen LogP contribution in [0.2, 0.25) is 0 Å². The van der Waals surface area contributed by atoms with Crippen LogP contribution in [0.4, 0.5) is 0 Å². The number of benzene rings is 1. The van der Waals surface area contributed by atoms with Gasteiger partial charge in [0.1, 0.15) is 11.8 Å². The molecule has 0 fully saturated rings. The summed E-state index contributed by atoms with van der Waals surface area (Å²) in [5, 5.41) is 10.3. The van der Waals surface area contributed by atoms with E-state index in [0.29, 0.717) is 0 Å². The monoisotopic (exact) mass is 226 g/mol. The molecule has 0 aliphatic rings. The minimum absolute atomic E-state index is 0.142. The summed E-state index contributed by atoms with van der Waals surface area (Å²) < 4.78 is 1.97. The first-order chi connectivity index (χ1) is 7.86. The third-order valence-corrected chi connectivity index (χ3v) is 3.42. The highest BCUT2D eigenvalue weighted by Crippen LogP contribution is 2.30. The SMILES string of the molecule is Cc1c(C#N)n(C)c2ccc(C(C)(C)C)cc12. The van der Waals surface area contributed by atoms with Gasteiger partial charge in [-0.05, 0) is 35.6 Å². The Hall–Kier alpha value is -1.75. The number of aryl methyl sites for hydroxylation is 2. The van der Waals surface area contributed by atoms with Gasteiger partial charge >= 0.3 is 0 Å². The summed E-state index contributed by atoms with van der Waals surface area (Å²) in [6.45, 7) is 8.64. The average Bonchev–Trinajstić information content (AvgIpc) is 2.50. The zero-order valence-electron chi connectivity index (χ0n) is 11.1. The lowest BCUT2D eigenvalue weighted by atomic mass is 9.86. The highest BCUT2D eigenvalue weighted by Gasteiger charge is 2.17. The van der Waals surface area contributed by atoms with Crippen LogP contribution in [0.15, 0.2) is 18.2 Å². The molecule has 0 saturated carbocycles. The van der Waals surface area contributed by atoms with E-state index in [1.54, 1.807) is 0 Å². The van der Waals surface area contributed by atoms with E-state index in [0.717, 1.165) is 16.8 Å². The standard InChI is InChI=1S/C15H18N2/c1-10-12-8-11(15(2,3)4)6-7-13(12)17(5)14(10)9-16/h6-8H,1-5H3. The number of hydrogen-bond donors (Lipinski definition) is 0. The average molecular weight is 226 g/mol. The molecule has 88 valence electrons. The quantitative estimate of drug-likeness (QED) is 0.674. The van der Waals surface area contributed by atoms with Gasteiger partial charge in [-0.3, -0.25) is 0 Å². The molecule has 0 aliphatic heterocycles. The zero-order valence-corrected chi connectivity index (χ0v) is 11.1. The van der Waals surface area contributed by atoms with Crippen LogP contribution in [0.5, 0.6) is 0 Å². The van der Waals surface area contributed by atoms with Crippen molar-refractivity contribution >= 4 is 10.9 Å². The first kappa shape index (κ1) is 11.7. The normalized spacial score (nSPS) is 11.8. The molecule has 2 heteroatoms. The molecule has 0 aliphatic carbocycles. The molecule has 2 aromatic rings. The Kier molecular flexibility index (Phi) is 2.50. The first-order valence-corrected chi connectivity index (χ1v) is 5.86. The Morgan fingerprint density at radius 1 is 1.24 bits per heavy atom. The van der Waals surface area contributed by atoms with E-state index >= 15 is 0 Å². The summed E-state index contributed by atoms with van der Waals surface area (Å²) in [5.74, 6) is 0. The predicted molar refractivity (Wildman–Crippen MR) is 71.1 cm³/mol. The van der Waals surface area contributed by atoms with E-state index in [9.17, 15) is 0 Å². The van der Waals surface area contributed by atoms with Crippen molar-refractivity contribution in [3.05, 3.63) is 35.0 Å². The lowest BCUT2D eigenvalue weighted by Crippen LogP contribution is -2.10. The fourth-order valence-electron chi connectivity index (χ4n) is 2.25. The Labute approximate surface area is 102 Å². The van der Waals surface area contributed by atoms with Gasteiger partial charge in [-0.15, -0.1) is 0 Å². The molecular weight excluding hydrogens is 208 g/mol. The molecule has 17 heavy (non-hydrogen) atoms. The zero-order chi connectivity index (χ0) is 12.8. The molecule has 0 atom stereocenters. The van der Waals surface area contributed by atoms with E-state index in [-0.39, 0.29) is 5.41 Å². The molecule has 0 amide bonds. The van der Waals surface area contributed by atoms with Gasteiger partial charge in [0.2, 0.25) is 0 Å². The summed E-state index contributed by atoms with van der Waals surface area (Å²) in [5.41, 5.74) is 4.42. The van der Waals surface area contributed by atoms with Crippen LogP contribution in [0.25, 0.3) is 10.9 Å². The number of nitriles is 1. The summed E-state index contributed by atoms with van der Waals surface area (Å²) in [7, 11) is 1.95. The van der Waals surface area contributed by atoms with Crippen molar-refractivity contribution in [1.82, 2.24) is 4.57 Å². The second-order valence-electron chi connectivity index (χ2n) is 5.63. The van der Waals surface area contributed by atoms with Crippen molar-refractivity contribution in [2.45, 2.75) is 33.1 Å². The van der Waals surface area contributed by atoms with Crippen LogP contribution < -0.4 is 0 Å². The Morgan fingerprint density at radius 3 is 2.41 bits per heavy atom. The second-order valence-corrected chi connectivity index (χ2v) is 5.63. The largest absolute Gasteiger partial charge is 0.335 e. The molecule has 1 aromatic heterocycles. The van der Waals surface area contributed by atoms with Gasteiger partial charge in [-0.1, -0.05) is 26.8 Å². The van der Waals surface area contributed by atoms with E-state index in [2.05, 4.69) is 45.0 Å². The number of rotatable bonds is 0. The Morgan fingerprint density at radius 2 is 1.88 bits per heavy atom. The van der Waals surface area contributed by atoms with Crippen molar-refractivity contribution in [3.8, 4) is 6.07 Å². The van der Waals surface area contributed by atoms with Gasteiger partial charge in [0.05, 0.1) is 0 Å². The maximum absolute atomic E-state index is 9.16. The molecule has 0 bridgehead atoms. The third kappa shape index (κ3) is 1.72. The number of hydrogen-bond acceptors (Lipinski definition) is 1. The highest BCUT2D eigenvalue weighted by molar-refractivity contribution is 5.87. The van der Waals surface area contributed by atoms with Crippen LogP contribution in [0.1, 0.15) is 37.6 Å². The molecular formula is C15H18N2. The summed E-state index contributed by atoms with van der Waals surface area (Å²) in [4.78, 5) is 0. The van der Waals surface area contributed by atoms with Crippen molar-refractivity contribution < 1.29 is 0 Å². The minimum atomic E-state index is 0.142. The van der Waals surface area contributed by atoms with Gasteiger partial charge in [0.15, 0.2) is 0 Å². The Bertz CT molecular complexity index is 619. The van der Waals surface area contributed by atoms with Crippen LogP contribution >= 0.6 is 0 Å². The van der Waals surface area contributed by atoms with Gasteiger partial charge in [-0.2, -0.15) is 5.26 Å². The molecule has 0 radical (unpaired) electrons. The van der Waals surface area contributed by atoms with Crippen LogP contribution in [-0.2, 0) is 12.5 Å². The number of fused-ring (bicyclic) bond motifs is 1. The number of nitrogens with zero attached hydrogens (tertiary/aromatic N) is 2. The van der Waals surface area contributed by atoms with Crippen molar-refractivity contribution in [2.75, 3.05) is 0 Å². The molecule has 1 aromatic carbocycles. The van der Waals surface area contributed by atoms with Crippen LogP contribution in [0, 0.1) is 18.3 Å². The molecule has 0 spiro atoms. The lowest BCUT2D eigenvalue weighted by Gasteiger charge is -2.19. The molecule has 0 saturated heterocycles. The van der Waals surface area contributed by atoms with Crippen LogP contribution in [-0.4, -0.2) is 4.57 Å². The van der Waals surface area contributed by atoms with E-state index in [4.69, 9.17) is 5.26 Å². The minimum Gasteiger partial charge on any atom is -0.335 e. The molecule has 2 nitrogen and oxygen atoms in total. The van der Waals surface area contributed by atoms with Crippen molar-refractivity contribution in [3.63, 3.8) is 0 Å². The van der Waals surface area contributed by atoms with Crippen molar-refractivity contribution in [2.24, 2.45) is 7.05 Å². The smallest absolute Gasteiger partial charge is 0.123 e. The predicted octanol–water partition coefficient (Wildman–Crippen LogP) is 3.66. The topological polar surface area (TPSA) is 28.7 Å². The molecule has 0 N–H and O–H groups in total. The maximum Gasteiger partial charge on any atom is 0.123 e. The Balaban J connectivity index is 2.80. The lowest BCUT2D eigenvalue weighted by molar-refractivity contribution is 0.591. The summed E-state index contributed by atoms with van der Waals surface area (Å²) >= 11 is 0. The van der Waals surface area contributed by atoms with Gasteiger partial charge in [-0.25, -0.2) is 0 Å². The van der Waals surface area contributed by atoms with E-state index in [1.165, 1.54) is 10.9 Å². The second kappa shape index (κ2) is 3.63. The van der Waals surface area contributed by atoms with E-state index < -0.39 is 0 Å². The molecule has 0 unspecified atom stereocenters. The van der Waals surface area contributed by atoms with Crippen molar-refractivity contribution in [1.29, 1.82) is 5.26 Å². The molecule has 1 heterocycles. The van der Waals surface area contributed by atoms with E-state index in [1.807, 2.05) is 18.5 Å². The third-order valence-electron chi connectivity index (χ3n) is 3.42. The first-order valence-electron chi connectivity index (χ1n) is 5.86. The van der Waals surface area contributed by atoms with Gasteiger partial charge in [0.25, 0.3) is 0 Å². The molecule has 2 rings (SSSR count). The summed E-state index contributed by atoms with van der Waals surface area (Å²) in [6, 6.07) is 8.76.